The fourth-order valence-electron chi connectivity index (χ4n) is 2.32. The lowest BCUT2D eigenvalue weighted by Gasteiger charge is -2.27. The van der Waals surface area contributed by atoms with Crippen LogP contribution in [0.5, 0.6) is 0 Å². The number of hydrogen-bond acceptors (Lipinski definition) is 4. The molecule has 1 heterocycles. The highest BCUT2D eigenvalue weighted by Gasteiger charge is 2.29. The van der Waals surface area contributed by atoms with Crippen LogP contribution in [0.1, 0.15) is 19.3 Å². The van der Waals surface area contributed by atoms with Gasteiger partial charge in [-0.2, -0.15) is 4.31 Å². The van der Waals surface area contributed by atoms with Crippen molar-refractivity contribution in [2.45, 2.75) is 30.3 Å². The average molecular weight is 442 g/mol. The smallest absolute Gasteiger partial charge is 0.245 e. The summed E-state index contributed by atoms with van der Waals surface area (Å²) >= 11 is 6.56. The maximum atomic E-state index is 12.7. The zero-order chi connectivity index (χ0) is 15.6. The minimum absolute atomic E-state index is 0.0372. The van der Waals surface area contributed by atoms with E-state index < -0.39 is 10.0 Å². The van der Waals surface area contributed by atoms with E-state index in [1.807, 2.05) is 0 Å². The second-order valence-corrected chi connectivity index (χ2v) is 8.78. The number of hydrogen-bond donors (Lipinski definition) is 1. The van der Waals surface area contributed by atoms with Crippen LogP contribution >= 0.6 is 31.9 Å². The Morgan fingerprint density at radius 3 is 2.48 bits per heavy atom. The first-order valence-corrected chi connectivity index (χ1v) is 9.67. The van der Waals surface area contributed by atoms with Crippen molar-refractivity contribution in [3.05, 3.63) is 21.1 Å². The highest BCUT2D eigenvalue weighted by atomic mass is 79.9. The molecule has 0 amide bonds. The van der Waals surface area contributed by atoms with E-state index in [0.29, 0.717) is 27.8 Å². The molecule has 1 saturated heterocycles. The molecule has 2 rings (SSSR count). The molecule has 0 aliphatic carbocycles. The first-order chi connectivity index (χ1) is 9.82. The summed E-state index contributed by atoms with van der Waals surface area (Å²) in [6.45, 7) is 1.05. The van der Waals surface area contributed by atoms with Crippen molar-refractivity contribution in [1.29, 1.82) is 0 Å². The van der Waals surface area contributed by atoms with Gasteiger partial charge in [0.25, 0.3) is 0 Å². The highest BCUT2D eigenvalue weighted by molar-refractivity contribution is 9.11. The van der Waals surface area contributed by atoms with E-state index in [2.05, 4.69) is 31.9 Å². The molecule has 2 N–H and O–H groups in total. The lowest BCUT2D eigenvalue weighted by molar-refractivity contribution is 0.00858. The zero-order valence-corrected chi connectivity index (χ0v) is 15.7. The third-order valence-corrected chi connectivity index (χ3v) is 7.12. The van der Waals surface area contributed by atoms with Crippen molar-refractivity contribution >= 4 is 47.6 Å². The number of nitrogens with two attached hydrogens (primary N) is 1. The fraction of sp³-hybridized carbons (Fsp3) is 0.538. The van der Waals surface area contributed by atoms with E-state index in [-0.39, 0.29) is 11.0 Å². The van der Waals surface area contributed by atoms with Crippen LogP contribution in [0.4, 0.5) is 5.69 Å². The molecule has 21 heavy (non-hydrogen) atoms. The largest absolute Gasteiger partial charge is 0.399 e. The maximum Gasteiger partial charge on any atom is 0.245 e. The van der Waals surface area contributed by atoms with Crippen molar-refractivity contribution in [2.24, 2.45) is 0 Å². The van der Waals surface area contributed by atoms with Gasteiger partial charge in [-0.1, -0.05) is 0 Å². The minimum atomic E-state index is -3.61. The van der Waals surface area contributed by atoms with Crippen molar-refractivity contribution in [3.63, 3.8) is 0 Å². The van der Waals surface area contributed by atoms with Gasteiger partial charge in [-0.25, -0.2) is 8.42 Å². The van der Waals surface area contributed by atoms with Crippen molar-refractivity contribution in [3.8, 4) is 0 Å². The van der Waals surface area contributed by atoms with E-state index in [0.717, 1.165) is 19.3 Å². The molecule has 118 valence electrons. The Labute approximate surface area is 142 Å². The van der Waals surface area contributed by atoms with Crippen LogP contribution in [0.2, 0.25) is 0 Å². The molecule has 1 aliphatic rings. The molecule has 8 heteroatoms. The second kappa shape index (κ2) is 6.95. The molecule has 0 aromatic heterocycles. The van der Waals surface area contributed by atoms with Gasteiger partial charge >= 0.3 is 0 Å². The summed E-state index contributed by atoms with van der Waals surface area (Å²) in [5, 5.41) is 0. The van der Waals surface area contributed by atoms with Gasteiger partial charge in [0.2, 0.25) is 10.0 Å². The Kier molecular flexibility index (Phi) is 5.70. The number of benzene rings is 1. The van der Waals surface area contributed by atoms with Crippen LogP contribution < -0.4 is 5.73 Å². The van der Waals surface area contributed by atoms with E-state index >= 15 is 0 Å². The monoisotopic (exact) mass is 440 g/mol. The number of rotatable bonds is 4. The van der Waals surface area contributed by atoms with E-state index in [9.17, 15) is 8.42 Å². The van der Waals surface area contributed by atoms with E-state index in [1.54, 1.807) is 19.2 Å². The van der Waals surface area contributed by atoms with Gasteiger partial charge in [-0.05, 0) is 63.3 Å². The summed E-state index contributed by atoms with van der Waals surface area (Å²) in [6, 6.07) is 3.17. The molecule has 0 radical (unpaired) electrons. The predicted octanol–water partition coefficient (Wildman–Crippen LogP) is 2.98. The standard InChI is InChI=1S/C13H18Br2N2O3S/c1-17(8-10-4-2-3-5-20-10)21(18,19)13-11(14)6-9(16)7-12(13)15/h6-7,10H,2-5,8,16H2,1H3. The molecule has 5 nitrogen and oxygen atoms in total. The highest BCUT2D eigenvalue weighted by Crippen LogP contribution is 2.34. The third kappa shape index (κ3) is 3.98. The first kappa shape index (κ1) is 17.2. The summed E-state index contributed by atoms with van der Waals surface area (Å²) in [6.07, 6.45) is 2.98. The maximum absolute atomic E-state index is 12.7. The number of anilines is 1. The fourth-order valence-corrected chi connectivity index (χ4v) is 6.05. The van der Waals surface area contributed by atoms with Gasteiger partial charge in [0.1, 0.15) is 4.90 Å². The number of halogens is 2. The molecule has 1 aromatic carbocycles. The molecule has 0 spiro atoms. The van der Waals surface area contributed by atoms with Gasteiger partial charge in [0.15, 0.2) is 0 Å². The topological polar surface area (TPSA) is 72.6 Å². The summed E-state index contributed by atoms with van der Waals surface area (Å²) in [5.41, 5.74) is 6.20. The minimum Gasteiger partial charge on any atom is -0.399 e. The average Bonchev–Trinajstić information content (AvgIpc) is 2.38. The number of nitrogens with zero attached hydrogens (tertiary/aromatic N) is 1. The van der Waals surface area contributed by atoms with Crippen LogP contribution in [0.3, 0.4) is 0 Å². The number of nitrogen functional groups attached to an aromatic ring is 1. The third-order valence-electron chi connectivity index (χ3n) is 3.42. The van der Waals surface area contributed by atoms with Crippen LogP contribution in [-0.2, 0) is 14.8 Å². The van der Waals surface area contributed by atoms with Gasteiger partial charge in [-0.15, -0.1) is 0 Å². The molecule has 0 bridgehead atoms. The lowest BCUT2D eigenvalue weighted by Crippen LogP contribution is -2.37. The molecule has 1 atom stereocenters. The summed E-state index contributed by atoms with van der Waals surface area (Å²) in [7, 11) is -2.04. The summed E-state index contributed by atoms with van der Waals surface area (Å²) < 4.78 is 33.3. The molecule has 1 unspecified atom stereocenters. The normalized spacial score (nSPS) is 19.9. The number of likely N-dealkylation sites (N-methyl/N-ethyl adjacent to an activating group) is 1. The number of ether oxygens (including phenoxy) is 1. The van der Waals surface area contributed by atoms with E-state index in [1.165, 1.54) is 4.31 Å². The van der Waals surface area contributed by atoms with Crippen LogP contribution in [0.25, 0.3) is 0 Å². The summed E-state index contributed by atoms with van der Waals surface area (Å²) in [5.74, 6) is 0. The van der Waals surface area contributed by atoms with Crippen molar-refractivity contribution < 1.29 is 13.2 Å². The van der Waals surface area contributed by atoms with Gasteiger partial charge in [-0.3, -0.25) is 0 Å². The quantitative estimate of drug-likeness (QED) is 0.729. The van der Waals surface area contributed by atoms with Crippen LogP contribution in [0, 0.1) is 0 Å². The molecule has 1 aliphatic heterocycles. The molecule has 1 fully saturated rings. The van der Waals surface area contributed by atoms with Crippen molar-refractivity contribution in [2.75, 3.05) is 25.9 Å². The van der Waals surface area contributed by atoms with Gasteiger partial charge in [0, 0.05) is 34.8 Å². The van der Waals surface area contributed by atoms with E-state index in [4.69, 9.17) is 10.5 Å². The lowest BCUT2D eigenvalue weighted by atomic mass is 10.1. The van der Waals surface area contributed by atoms with Crippen LogP contribution in [0.15, 0.2) is 26.0 Å². The molecule has 0 saturated carbocycles. The van der Waals surface area contributed by atoms with Gasteiger partial charge < -0.3 is 10.5 Å². The first-order valence-electron chi connectivity index (χ1n) is 6.65. The Bertz CT molecular complexity index is 593. The molecular formula is C13H18Br2N2O3S. The Hall–Kier alpha value is -0.150. The second-order valence-electron chi connectivity index (χ2n) is 5.09. The predicted molar refractivity (Wildman–Crippen MR) is 89.7 cm³/mol. The van der Waals surface area contributed by atoms with Gasteiger partial charge in [0.05, 0.1) is 6.10 Å². The Balaban J connectivity index is 2.24. The molecule has 1 aromatic rings. The summed E-state index contributed by atoms with van der Waals surface area (Å²) in [4.78, 5) is 0.190. The van der Waals surface area contributed by atoms with Crippen LogP contribution in [-0.4, -0.2) is 39.0 Å². The van der Waals surface area contributed by atoms with Crippen molar-refractivity contribution in [1.82, 2.24) is 4.31 Å². The molecular weight excluding hydrogens is 424 g/mol. The number of sulfonamides is 1. The Morgan fingerprint density at radius 1 is 1.33 bits per heavy atom. The Morgan fingerprint density at radius 2 is 1.95 bits per heavy atom. The zero-order valence-electron chi connectivity index (χ0n) is 11.7. The SMILES string of the molecule is CN(CC1CCCCO1)S(=O)(=O)c1c(Br)cc(N)cc1Br.